The third kappa shape index (κ3) is 5.83. The van der Waals surface area contributed by atoms with E-state index in [0.717, 1.165) is 0 Å². The van der Waals surface area contributed by atoms with Gasteiger partial charge < -0.3 is 25.0 Å². The van der Waals surface area contributed by atoms with Crippen molar-refractivity contribution in [2.24, 2.45) is 0 Å². The monoisotopic (exact) mass is 365 g/mol. The largest absolute Gasteiger partial charge is 0.450 e. The molecule has 0 radical (unpaired) electrons. The summed E-state index contributed by atoms with van der Waals surface area (Å²) in [5, 5.41) is 6.02. The SMILES string of the molecule is CCOC(=O)N1CCC(NC(=O)c2cc(C)nc(NCCOC)n2)CC1. The van der Waals surface area contributed by atoms with Crippen molar-refractivity contribution in [3.63, 3.8) is 0 Å². The number of piperidine rings is 1. The number of aryl methyl sites for hydroxylation is 1. The second-order valence-corrected chi connectivity index (χ2v) is 6.07. The highest BCUT2D eigenvalue weighted by Gasteiger charge is 2.25. The second-order valence-electron chi connectivity index (χ2n) is 6.07. The molecule has 2 amide bonds. The number of nitrogens with zero attached hydrogens (tertiary/aromatic N) is 3. The number of likely N-dealkylation sites (tertiary alicyclic amines) is 1. The van der Waals surface area contributed by atoms with Gasteiger partial charge in [0, 0.05) is 38.5 Å². The van der Waals surface area contributed by atoms with Gasteiger partial charge in [0.05, 0.1) is 13.2 Å². The summed E-state index contributed by atoms with van der Waals surface area (Å²) >= 11 is 0. The zero-order chi connectivity index (χ0) is 18.9. The molecule has 144 valence electrons. The first-order valence-electron chi connectivity index (χ1n) is 8.84. The summed E-state index contributed by atoms with van der Waals surface area (Å²) < 4.78 is 9.98. The Hall–Kier alpha value is -2.42. The van der Waals surface area contributed by atoms with E-state index in [1.54, 1.807) is 25.0 Å². The Morgan fingerprint density at radius 2 is 2.04 bits per heavy atom. The molecule has 0 spiro atoms. The van der Waals surface area contributed by atoms with Crippen LogP contribution < -0.4 is 10.6 Å². The fourth-order valence-corrected chi connectivity index (χ4v) is 2.71. The number of anilines is 1. The summed E-state index contributed by atoms with van der Waals surface area (Å²) in [5.41, 5.74) is 1.03. The van der Waals surface area contributed by atoms with Gasteiger partial charge in [-0.05, 0) is 32.8 Å². The van der Waals surface area contributed by atoms with Crippen LogP contribution in [0.25, 0.3) is 0 Å². The molecule has 1 saturated heterocycles. The van der Waals surface area contributed by atoms with Crippen molar-refractivity contribution in [3.05, 3.63) is 17.5 Å². The van der Waals surface area contributed by atoms with Gasteiger partial charge in [0.25, 0.3) is 5.91 Å². The van der Waals surface area contributed by atoms with Crippen LogP contribution in [-0.4, -0.2) is 72.9 Å². The van der Waals surface area contributed by atoms with E-state index in [2.05, 4.69) is 20.6 Å². The molecule has 0 atom stereocenters. The third-order valence-corrected chi connectivity index (χ3v) is 4.03. The first-order chi connectivity index (χ1) is 12.5. The van der Waals surface area contributed by atoms with Crippen LogP contribution in [0.4, 0.5) is 10.7 Å². The van der Waals surface area contributed by atoms with Crippen LogP contribution >= 0.6 is 0 Å². The van der Waals surface area contributed by atoms with Crippen molar-refractivity contribution < 1.29 is 19.1 Å². The molecule has 0 bridgehead atoms. The van der Waals surface area contributed by atoms with Crippen LogP contribution in [0, 0.1) is 6.92 Å². The normalized spacial score (nSPS) is 14.8. The Kier molecular flexibility index (Phi) is 7.58. The van der Waals surface area contributed by atoms with Crippen molar-refractivity contribution >= 4 is 17.9 Å². The fourth-order valence-electron chi connectivity index (χ4n) is 2.71. The molecular formula is C17H27N5O4. The average molecular weight is 365 g/mol. The molecule has 9 nitrogen and oxygen atoms in total. The van der Waals surface area contributed by atoms with Gasteiger partial charge in [-0.3, -0.25) is 4.79 Å². The molecule has 1 aromatic heterocycles. The van der Waals surface area contributed by atoms with E-state index in [-0.39, 0.29) is 18.0 Å². The zero-order valence-electron chi connectivity index (χ0n) is 15.6. The van der Waals surface area contributed by atoms with Crippen LogP contribution in [-0.2, 0) is 9.47 Å². The van der Waals surface area contributed by atoms with E-state index in [9.17, 15) is 9.59 Å². The Labute approximate surface area is 153 Å². The quantitative estimate of drug-likeness (QED) is 0.699. The van der Waals surface area contributed by atoms with Crippen molar-refractivity contribution in [3.8, 4) is 0 Å². The maximum absolute atomic E-state index is 12.5. The predicted octanol–water partition coefficient (Wildman–Crippen LogP) is 1.19. The molecule has 2 N–H and O–H groups in total. The summed E-state index contributed by atoms with van der Waals surface area (Å²) in [5.74, 6) is 0.171. The number of carbonyl (C=O) groups is 2. The Balaban J connectivity index is 1.89. The van der Waals surface area contributed by atoms with E-state index >= 15 is 0 Å². The van der Waals surface area contributed by atoms with Gasteiger partial charge in [0.1, 0.15) is 5.69 Å². The molecule has 1 aliphatic heterocycles. The van der Waals surface area contributed by atoms with Crippen LogP contribution in [0.15, 0.2) is 6.07 Å². The fraction of sp³-hybridized carbons (Fsp3) is 0.647. The lowest BCUT2D eigenvalue weighted by atomic mass is 10.1. The van der Waals surface area contributed by atoms with Crippen LogP contribution in [0.5, 0.6) is 0 Å². The summed E-state index contributed by atoms with van der Waals surface area (Å²) in [4.78, 5) is 34.4. The summed E-state index contributed by atoms with van der Waals surface area (Å²) in [7, 11) is 1.62. The van der Waals surface area contributed by atoms with Crippen molar-refractivity contribution in [1.29, 1.82) is 0 Å². The molecule has 0 unspecified atom stereocenters. The lowest BCUT2D eigenvalue weighted by Crippen LogP contribution is -2.46. The van der Waals surface area contributed by atoms with Crippen molar-refractivity contribution in [1.82, 2.24) is 20.2 Å². The van der Waals surface area contributed by atoms with E-state index in [1.807, 2.05) is 6.92 Å². The van der Waals surface area contributed by atoms with Crippen LogP contribution in [0.1, 0.15) is 35.9 Å². The molecule has 2 heterocycles. The Morgan fingerprint density at radius 3 is 2.69 bits per heavy atom. The summed E-state index contributed by atoms with van der Waals surface area (Å²) in [6, 6.07) is 1.67. The molecule has 1 aliphatic rings. The van der Waals surface area contributed by atoms with E-state index in [0.29, 0.717) is 63.0 Å². The first kappa shape index (κ1) is 19.9. The smallest absolute Gasteiger partial charge is 0.409 e. The van der Waals surface area contributed by atoms with E-state index < -0.39 is 0 Å². The number of carbonyl (C=O) groups excluding carboxylic acids is 2. The van der Waals surface area contributed by atoms with Crippen LogP contribution in [0.2, 0.25) is 0 Å². The molecule has 1 fully saturated rings. The minimum absolute atomic E-state index is 0.00773. The second kappa shape index (κ2) is 9.91. The minimum Gasteiger partial charge on any atom is -0.450 e. The third-order valence-electron chi connectivity index (χ3n) is 4.03. The number of hydrogen-bond acceptors (Lipinski definition) is 7. The lowest BCUT2D eigenvalue weighted by molar-refractivity contribution is 0.0856. The molecule has 0 saturated carbocycles. The van der Waals surface area contributed by atoms with Gasteiger partial charge >= 0.3 is 6.09 Å². The molecule has 1 aromatic rings. The number of amides is 2. The van der Waals surface area contributed by atoms with E-state index in [1.165, 1.54) is 0 Å². The Morgan fingerprint density at radius 1 is 1.31 bits per heavy atom. The minimum atomic E-state index is -0.296. The highest BCUT2D eigenvalue weighted by atomic mass is 16.6. The van der Waals surface area contributed by atoms with Crippen LogP contribution in [0.3, 0.4) is 0 Å². The highest BCUT2D eigenvalue weighted by molar-refractivity contribution is 5.92. The van der Waals surface area contributed by atoms with Gasteiger partial charge in [-0.2, -0.15) is 0 Å². The molecule has 0 aliphatic carbocycles. The highest BCUT2D eigenvalue weighted by Crippen LogP contribution is 2.13. The van der Waals surface area contributed by atoms with Crippen molar-refractivity contribution in [2.45, 2.75) is 32.7 Å². The first-order valence-corrected chi connectivity index (χ1v) is 8.84. The number of ether oxygens (including phenoxy) is 2. The predicted molar refractivity (Wildman–Crippen MR) is 96.2 cm³/mol. The number of rotatable bonds is 7. The number of hydrogen-bond donors (Lipinski definition) is 2. The topological polar surface area (TPSA) is 106 Å². The van der Waals surface area contributed by atoms with Gasteiger partial charge in [-0.1, -0.05) is 0 Å². The molecule has 26 heavy (non-hydrogen) atoms. The average Bonchev–Trinajstić information content (AvgIpc) is 2.62. The van der Waals surface area contributed by atoms with Gasteiger partial charge in [-0.25, -0.2) is 14.8 Å². The molecule has 2 rings (SSSR count). The van der Waals surface area contributed by atoms with Gasteiger partial charge in [-0.15, -0.1) is 0 Å². The maximum Gasteiger partial charge on any atom is 0.409 e. The van der Waals surface area contributed by atoms with Gasteiger partial charge in [0.2, 0.25) is 5.95 Å². The molecule has 0 aromatic carbocycles. The summed E-state index contributed by atoms with van der Waals surface area (Å²) in [6.07, 6.45) is 1.08. The lowest BCUT2D eigenvalue weighted by Gasteiger charge is -2.31. The number of aromatic nitrogens is 2. The summed E-state index contributed by atoms with van der Waals surface area (Å²) in [6.45, 7) is 6.19. The number of nitrogens with one attached hydrogen (secondary N) is 2. The molecular weight excluding hydrogens is 338 g/mol. The van der Waals surface area contributed by atoms with Crippen molar-refractivity contribution in [2.75, 3.05) is 45.3 Å². The standard InChI is InChI=1S/C17H27N5O4/c1-4-26-17(24)22-8-5-13(6-9-22)20-15(23)14-11-12(2)19-16(21-14)18-7-10-25-3/h11,13H,4-10H2,1-3H3,(H,20,23)(H,18,19,21). The van der Waals surface area contributed by atoms with E-state index in [4.69, 9.17) is 9.47 Å². The molecule has 9 heteroatoms. The number of methoxy groups -OCH3 is 1. The maximum atomic E-state index is 12.5. The zero-order valence-corrected chi connectivity index (χ0v) is 15.6. The Bertz CT molecular complexity index is 617. The van der Waals surface area contributed by atoms with Gasteiger partial charge in [0.15, 0.2) is 0 Å².